The summed E-state index contributed by atoms with van der Waals surface area (Å²) in [5, 5.41) is 9.57. The Morgan fingerprint density at radius 2 is 1.91 bits per heavy atom. The molecule has 0 saturated carbocycles. The Kier molecular flexibility index (Phi) is 3.45. The zero-order valence-electron chi connectivity index (χ0n) is 12.0. The van der Waals surface area contributed by atoms with Gasteiger partial charge in [0, 0.05) is 0 Å². The summed E-state index contributed by atoms with van der Waals surface area (Å²) in [6.45, 7) is 1.78. The van der Waals surface area contributed by atoms with Crippen molar-refractivity contribution in [2.24, 2.45) is 5.73 Å². The number of nitriles is 1. The van der Waals surface area contributed by atoms with Crippen molar-refractivity contribution >= 4 is 10.9 Å². The fourth-order valence-electron chi connectivity index (χ4n) is 2.47. The highest BCUT2D eigenvalue weighted by atomic mass is 16.1. The minimum absolute atomic E-state index is 0.277. The Bertz CT molecular complexity index is 937. The first-order valence-corrected chi connectivity index (χ1v) is 6.90. The van der Waals surface area contributed by atoms with E-state index in [2.05, 4.69) is 11.1 Å². The van der Waals surface area contributed by atoms with Gasteiger partial charge in [-0.15, -0.1) is 0 Å². The zero-order chi connectivity index (χ0) is 15.7. The van der Waals surface area contributed by atoms with Crippen molar-refractivity contribution in [2.45, 2.75) is 13.0 Å². The molecule has 2 N–H and O–H groups in total. The molecule has 1 heterocycles. The smallest absolute Gasteiger partial charge is 0.267 e. The van der Waals surface area contributed by atoms with Crippen LogP contribution in [-0.2, 0) is 0 Å². The molecule has 0 saturated heterocycles. The fourth-order valence-corrected chi connectivity index (χ4v) is 2.47. The first-order valence-electron chi connectivity index (χ1n) is 6.90. The number of aromatic nitrogens is 2. The Hall–Kier alpha value is -2.97. The predicted molar refractivity (Wildman–Crippen MR) is 84.7 cm³/mol. The molecule has 5 nitrogen and oxygen atoms in total. The molecular weight excluding hydrogens is 276 g/mol. The van der Waals surface area contributed by atoms with Gasteiger partial charge in [0.25, 0.3) is 5.56 Å². The van der Waals surface area contributed by atoms with Gasteiger partial charge in [-0.25, -0.2) is 4.98 Å². The Labute approximate surface area is 127 Å². The highest BCUT2D eigenvalue weighted by molar-refractivity contribution is 5.84. The monoisotopic (exact) mass is 290 g/mol. The molecule has 0 radical (unpaired) electrons. The summed E-state index contributed by atoms with van der Waals surface area (Å²) in [5.41, 5.74) is 7.21. The molecular formula is C17H14N4O. The topological polar surface area (TPSA) is 84.7 Å². The van der Waals surface area contributed by atoms with Crippen LogP contribution in [0, 0.1) is 11.3 Å². The van der Waals surface area contributed by atoms with Crippen LogP contribution in [0.15, 0.2) is 53.3 Å². The van der Waals surface area contributed by atoms with Crippen LogP contribution >= 0.6 is 0 Å². The lowest BCUT2D eigenvalue weighted by atomic mass is 10.1. The molecule has 0 aliphatic rings. The van der Waals surface area contributed by atoms with Crippen LogP contribution in [0.1, 0.15) is 24.4 Å². The standard InChI is InChI=1S/C17H14N4O/c1-11(19)16-20-14-9-5-6-12(10-18)15(14)17(22)21(16)13-7-3-2-4-8-13/h2-9,11H,19H2,1H3. The van der Waals surface area contributed by atoms with E-state index in [1.54, 1.807) is 25.1 Å². The molecule has 2 aromatic carbocycles. The van der Waals surface area contributed by atoms with Gasteiger partial charge in [-0.3, -0.25) is 9.36 Å². The van der Waals surface area contributed by atoms with E-state index in [1.807, 2.05) is 30.3 Å². The summed E-state index contributed by atoms with van der Waals surface area (Å²) >= 11 is 0. The third-order valence-electron chi connectivity index (χ3n) is 3.47. The van der Waals surface area contributed by atoms with Crippen LogP contribution in [0.3, 0.4) is 0 Å². The lowest BCUT2D eigenvalue weighted by molar-refractivity contribution is 0.696. The van der Waals surface area contributed by atoms with E-state index in [4.69, 9.17) is 5.73 Å². The lowest BCUT2D eigenvalue weighted by Crippen LogP contribution is -2.27. The molecule has 0 spiro atoms. The van der Waals surface area contributed by atoms with Crippen LogP contribution < -0.4 is 11.3 Å². The van der Waals surface area contributed by atoms with E-state index in [1.165, 1.54) is 4.57 Å². The molecule has 0 aliphatic heterocycles. The first-order chi connectivity index (χ1) is 10.6. The summed E-state index contributed by atoms with van der Waals surface area (Å²) in [6, 6.07) is 15.9. The Morgan fingerprint density at radius 1 is 1.18 bits per heavy atom. The van der Waals surface area contributed by atoms with Crippen molar-refractivity contribution in [2.75, 3.05) is 0 Å². The zero-order valence-corrected chi connectivity index (χ0v) is 12.0. The molecule has 1 aromatic heterocycles. The van der Waals surface area contributed by atoms with Crippen molar-refractivity contribution in [3.63, 3.8) is 0 Å². The molecule has 5 heteroatoms. The third kappa shape index (κ3) is 2.16. The van der Waals surface area contributed by atoms with Gasteiger partial charge < -0.3 is 5.73 Å². The Morgan fingerprint density at radius 3 is 2.55 bits per heavy atom. The quantitative estimate of drug-likeness (QED) is 0.784. The average Bonchev–Trinajstić information content (AvgIpc) is 2.54. The summed E-state index contributed by atoms with van der Waals surface area (Å²) in [6.07, 6.45) is 0. The molecule has 22 heavy (non-hydrogen) atoms. The highest BCUT2D eigenvalue weighted by Crippen LogP contribution is 2.18. The van der Waals surface area contributed by atoms with E-state index < -0.39 is 6.04 Å². The second kappa shape index (κ2) is 5.43. The second-order valence-corrected chi connectivity index (χ2v) is 5.05. The van der Waals surface area contributed by atoms with Crippen LogP contribution in [-0.4, -0.2) is 9.55 Å². The van der Waals surface area contributed by atoms with Gasteiger partial charge in [0.15, 0.2) is 0 Å². The van der Waals surface area contributed by atoms with Gasteiger partial charge >= 0.3 is 0 Å². The van der Waals surface area contributed by atoms with Crippen LogP contribution in [0.4, 0.5) is 0 Å². The number of hydrogen-bond acceptors (Lipinski definition) is 4. The van der Waals surface area contributed by atoms with Crippen LogP contribution in [0.5, 0.6) is 0 Å². The van der Waals surface area contributed by atoms with E-state index in [-0.39, 0.29) is 5.56 Å². The summed E-state index contributed by atoms with van der Waals surface area (Å²) in [4.78, 5) is 17.5. The third-order valence-corrected chi connectivity index (χ3v) is 3.47. The Balaban J connectivity index is 2.50. The van der Waals surface area contributed by atoms with E-state index in [9.17, 15) is 10.1 Å². The molecule has 1 atom stereocenters. The van der Waals surface area contributed by atoms with E-state index in [0.717, 1.165) is 0 Å². The molecule has 108 valence electrons. The largest absolute Gasteiger partial charge is 0.322 e. The molecule has 0 fully saturated rings. The maximum absolute atomic E-state index is 13.0. The van der Waals surface area contributed by atoms with Gasteiger partial charge in [-0.2, -0.15) is 5.26 Å². The van der Waals surface area contributed by atoms with Gasteiger partial charge in [-0.1, -0.05) is 24.3 Å². The first kappa shape index (κ1) is 14.0. The summed E-state index contributed by atoms with van der Waals surface area (Å²) in [7, 11) is 0. The minimum atomic E-state index is -0.414. The van der Waals surface area contributed by atoms with Crippen molar-refractivity contribution < 1.29 is 0 Å². The maximum Gasteiger partial charge on any atom is 0.267 e. The average molecular weight is 290 g/mol. The van der Waals surface area contributed by atoms with Crippen molar-refractivity contribution in [3.8, 4) is 11.8 Å². The van der Waals surface area contributed by atoms with E-state index >= 15 is 0 Å². The maximum atomic E-state index is 13.0. The van der Waals surface area contributed by atoms with Crippen molar-refractivity contribution in [1.82, 2.24) is 9.55 Å². The molecule has 0 bridgehead atoms. The minimum Gasteiger partial charge on any atom is -0.322 e. The van der Waals surface area contributed by atoms with Gasteiger partial charge in [0.05, 0.1) is 28.2 Å². The van der Waals surface area contributed by atoms with Crippen molar-refractivity contribution in [3.05, 3.63) is 70.3 Å². The number of fused-ring (bicyclic) bond motifs is 1. The lowest BCUT2D eigenvalue weighted by Gasteiger charge is -2.16. The fraction of sp³-hybridized carbons (Fsp3) is 0.118. The molecule has 0 amide bonds. The normalized spacial score (nSPS) is 12.0. The number of hydrogen-bond donors (Lipinski definition) is 1. The molecule has 1 unspecified atom stereocenters. The number of benzene rings is 2. The molecule has 3 aromatic rings. The highest BCUT2D eigenvalue weighted by Gasteiger charge is 2.17. The number of para-hydroxylation sites is 1. The summed E-state index contributed by atoms with van der Waals surface area (Å²) in [5.74, 6) is 0.471. The van der Waals surface area contributed by atoms with Crippen LogP contribution in [0.2, 0.25) is 0 Å². The molecule has 0 aliphatic carbocycles. The van der Waals surface area contributed by atoms with E-state index in [0.29, 0.717) is 28.0 Å². The SMILES string of the molecule is CC(N)c1nc2cccc(C#N)c2c(=O)n1-c1ccccc1. The number of nitrogens with zero attached hydrogens (tertiary/aromatic N) is 3. The molecule has 3 rings (SSSR count). The summed E-state index contributed by atoms with van der Waals surface area (Å²) < 4.78 is 1.48. The van der Waals surface area contributed by atoms with Crippen LogP contribution in [0.25, 0.3) is 16.6 Å². The number of nitrogens with two attached hydrogens (primary N) is 1. The predicted octanol–water partition coefficient (Wildman–Crippen LogP) is 2.28. The second-order valence-electron chi connectivity index (χ2n) is 5.05. The van der Waals surface area contributed by atoms with Gasteiger partial charge in [-0.05, 0) is 31.2 Å². The number of rotatable bonds is 2. The van der Waals surface area contributed by atoms with Gasteiger partial charge in [0.1, 0.15) is 11.9 Å². The van der Waals surface area contributed by atoms with Crippen molar-refractivity contribution in [1.29, 1.82) is 5.26 Å². The van der Waals surface area contributed by atoms with Gasteiger partial charge in [0.2, 0.25) is 0 Å².